The summed E-state index contributed by atoms with van der Waals surface area (Å²) in [6.45, 7) is 0. The summed E-state index contributed by atoms with van der Waals surface area (Å²) in [5.74, 6) is 0.906. The third-order valence-corrected chi connectivity index (χ3v) is 3.35. The third kappa shape index (κ3) is 1.46. The van der Waals surface area contributed by atoms with E-state index in [-0.39, 0.29) is 0 Å². The predicted molar refractivity (Wildman–Crippen MR) is 69.4 cm³/mol. The highest BCUT2D eigenvalue weighted by molar-refractivity contribution is 9.10. The van der Waals surface area contributed by atoms with Crippen molar-refractivity contribution in [1.29, 1.82) is 0 Å². The van der Waals surface area contributed by atoms with E-state index in [1.807, 2.05) is 24.3 Å². The topological polar surface area (TPSA) is 13.1 Å². The summed E-state index contributed by atoms with van der Waals surface area (Å²) < 4.78 is 6.56. The van der Waals surface area contributed by atoms with Crippen LogP contribution in [0, 0.1) is 0 Å². The minimum Gasteiger partial charge on any atom is -0.464 e. The van der Waals surface area contributed by atoms with Crippen molar-refractivity contribution >= 4 is 26.7 Å². The normalized spacial score (nSPS) is 10.8. The Labute approximate surface area is 102 Å². The van der Waals surface area contributed by atoms with Gasteiger partial charge in [0.2, 0.25) is 0 Å². The summed E-state index contributed by atoms with van der Waals surface area (Å²) in [6.07, 6.45) is 1.70. The van der Waals surface area contributed by atoms with E-state index in [1.165, 1.54) is 10.8 Å². The lowest BCUT2D eigenvalue weighted by atomic mass is 10.0. The van der Waals surface area contributed by atoms with Crippen LogP contribution < -0.4 is 0 Å². The van der Waals surface area contributed by atoms with E-state index in [0.29, 0.717) is 0 Å². The van der Waals surface area contributed by atoms with E-state index in [4.69, 9.17) is 4.42 Å². The van der Waals surface area contributed by atoms with Crippen molar-refractivity contribution in [3.63, 3.8) is 0 Å². The zero-order valence-electron chi connectivity index (χ0n) is 8.48. The lowest BCUT2D eigenvalue weighted by Gasteiger charge is -2.05. The Balaban J connectivity index is 2.39. The van der Waals surface area contributed by atoms with Crippen molar-refractivity contribution in [1.82, 2.24) is 0 Å². The van der Waals surface area contributed by atoms with Gasteiger partial charge < -0.3 is 4.42 Å². The highest BCUT2D eigenvalue weighted by Gasteiger charge is 2.07. The Morgan fingerprint density at radius 1 is 0.812 bits per heavy atom. The minimum atomic E-state index is 0.906. The van der Waals surface area contributed by atoms with Crippen LogP contribution in [0.2, 0.25) is 0 Å². The number of furan rings is 1. The molecular weight excluding hydrogens is 264 g/mol. The average Bonchev–Trinajstić information content (AvgIpc) is 2.83. The molecule has 0 fully saturated rings. The molecule has 0 radical (unpaired) electrons. The molecule has 3 rings (SSSR count). The summed E-state index contributed by atoms with van der Waals surface area (Å²) in [5.41, 5.74) is 1.13. The second-order valence-electron chi connectivity index (χ2n) is 3.62. The molecule has 16 heavy (non-hydrogen) atoms. The zero-order valence-corrected chi connectivity index (χ0v) is 10.1. The summed E-state index contributed by atoms with van der Waals surface area (Å²) >= 11 is 3.56. The number of hydrogen-bond donors (Lipinski definition) is 0. The van der Waals surface area contributed by atoms with Crippen LogP contribution in [-0.2, 0) is 0 Å². The number of halogens is 1. The van der Waals surface area contributed by atoms with Gasteiger partial charge in [0.15, 0.2) is 0 Å². The molecule has 0 saturated heterocycles. The zero-order chi connectivity index (χ0) is 11.0. The van der Waals surface area contributed by atoms with Gasteiger partial charge in [-0.05, 0) is 35.0 Å². The van der Waals surface area contributed by atoms with E-state index in [0.717, 1.165) is 15.8 Å². The quantitative estimate of drug-likeness (QED) is 0.617. The van der Waals surface area contributed by atoms with Crippen molar-refractivity contribution in [2.75, 3.05) is 0 Å². The second-order valence-corrected chi connectivity index (χ2v) is 4.47. The van der Waals surface area contributed by atoms with Gasteiger partial charge in [-0.2, -0.15) is 0 Å². The molecule has 78 valence electrons. The highest BCUT2D eigenvalue weighted by atomic mass is 79.9. The molecule has 1 nitrogen and oxygen atoms in total. The molecule has 0 bridgehead atoms. The molecule has 0 unspecified atom stereocenters. The summed E-state index contributed by atoms with van der Waals surface area (Å²) in [5, 5.41) is 2.41. The maximum Gasteiger partial charge on any atom is 0.134 e. The number of fused-ring (bicyclic) bond motifs is 1. The Bertz CT molecular complexity index is 626. The average molecular weight is 273 g/mol. The largest absolute Gasteiger partial charge is 0.464 e. The molecule has 1 aromatic heterocycles. The monoisotopic (exact) mass is 272 g/mol. The van der Waals surface area contributed by atoms with Crippen LogP contribution in [0.5, 0.6) is 0 Å². The Hall–Kier alpha value is -1.54. The van der Waals surface area contributed by atoms with Gasteiger partial charge in [-0.1, -0.05) is 40.2 Å². The van der Waals surface area contributed by atoms with Gasteiger partial charge in [0, 0.05) is 10.0 Å². The molecule has 0 aliphatic rings. The molecule has 0 aliphatic heterocycles. The van der Waals surface area contributed by atoms with Gasteiger partial charge in [0.1, 0.15) is 5.76 Å². The van der Waals surface area contributed by atoms with Gasteiger partial charge in [0.05, 0.1) is 6.26 Å². The van der Waals surface area contributed by atoms with Crippen molar-refractivity contribution < 1.29 is 4.42 Å². The van der Waals surface area contributed by atoms with Crippen LogP contribution in [0.15, 0.2) is 63.7 Å². The van der Waals surface area contributed by atoms with Crippen molar-refractivity contribution in [3.8, 4) is 11.3 Å². The van der Waals surface area contributed by atoms with Crippen LogP contribution in [0.3, 0.4) is 0 Å². The van der Waals surface area contributed by atoms with E-state index in [1.54, 1.807) is 6.26 Å². The smallest absolute Gasteiger partial charge is 0.134 e. The summed E-state index contributed by atoms with van der Waals surface area (Å²) in [7, 11) is 0. The SMILES string of the molecule is Brc1ccc(-c2ccco2)c2ccccc12. The first-order valence-corrected chi connectivity index (χ1v) is 5.87. The fourth-order valence-corrected chi connectivity index (χ4v) is 2.39. The predicted octanol–water partition coefficient (Wildman–Crippen LogP) is 4.86. The number of benzene rings is 2. The molecule has 1 heterocycles. The lowest BCUT2D eigenvalue weighted by molar-refractivity contribution is 0.583. The van der Waals surface area contributed by atoms with Gasteiger partial charge in [-0.25, -0.2) is 0 Å². The van der Waals surface area contributed by atoms with Crippen LogP contribution >= 0.6 is 15.9 Å². The first kappa shape index (κ1) is 9.67. The van der Waals surface area contributed by atoms with Crippen LogP contribution in [0.4, 0.5) is 0 Å². The standard InChI is InChI=1S/C14H9BrO/c15-13-8-7-12(14-6-3-9-16-14)10-4-1-2-5-11(10)13/h1-9H. The Kier molecular flexibility index (Phi) is 2.29. The summed E-state index contributed by atoms with van der Waals surface area (Å²) in [6, 6.07) is 16.3. The van der Waals surface area contributed by atoms with Gasteiger partial charge in [-0.15, -0.1) is 0 Å². The van der Waals surface area contributed by atoms with E-state index in [9.17, 15) is 0 Å². The van der Waals surface area contributed by atoms with Gasteiger partial charge >= 0.3 is 0 Å². The highest BCUT2D eigenvalue weighted by Crippen LogP contribution is 2.33. The summed E-state index contributed by atoms with van der Waals surface area (Å²) in [4.78, 5) is 0. The van der Waals surface area contributed by atoms with Gasteiger partial charge in [-0.3, -0.25) is 0 Å². The van der Waals surface area contributed by atoms with Crippen LogP contribution in [0.25, 0.3) is 22.1 Å². The molecule has 0 amide bonds. The van der Waals surface area contributed by atoms with Crippen LogP contribution in [-0.4, -0.2) is 0 Å². The third-order valence-electron chi connectivity index (χ3n) is 2.66. The van der Waals surface area contributed by atoms with Crippen molar-refractivity contribution in [2.24, 2.45) is 0 Å². The van der Waals surface area contributed by atoms with Gasteiger partial charge in [0.25, 0.3) is 0 Å². The van der Waals surface area contributed by atoms with Crippen molar-refractivity contribution in [2.45, 2.75) is 0 Å². The molecule has 0 aliphatic carbocycles. The molecule has 0 N–H and O–H groups in total. The molecule has 3 aromatic rings. The van der Waals surface area contributed by atoms with Crippen LogP contribution in [0.1, 0.15) is 0 Å². The Morgan fingerprint density at radius 2 is 1.62 bits per heavy atom. The molecule has 0 atom stereocenters. The minimum absolute atomic E-state index is 0.906. The maximum absolute atomic E-state index is 5.45. The second kappa shape index (κ2) is 3.80. The van der Waals surface area contributed by atoms with E-state index < -0.39 is 0 Å². The fourth-order valence-electron chi connectivity index (χ4n) is 1.91. The first-order chi connectivity index (χ1) is 7.86. The van der Waals surface area contributed by atoms with E-state index >= 15 is 0 Å². The fraction of sp³-hybridized carbons (Fsp3) is 0. The molecule has 0 saturated carbocycles. The maximum atomic E-state index is 5.45. The molecule has 0 spiro atoms. The number of rotatable bonds is 1. The molecule has 2 heteroatoms. The van der Waals surface area contributed by atoms with Crippen molar-refractivity contribution in [3.05, 3.63) is 59.3 Å². The number of hydrogen-bond acceptors (Lipinski definition) is 1. The first-order valence-electron chi connectivity index (χ1n) is 5.07. The van der Waals surface area contributed by atoms with E-state index in [2.05, 4.69) is 40.2 Å². The Morgan fingerprint density at radius 3 is 2.38 bits per heavy atom. The molecular formula is C14H9BrO. The lowest BCUT2D eigenvalue weighted by Crippen LogP contribution is -1.80. The molecule has 2 aromatic carbocycles.